The molecule has 1 aromatic heterocycles. The van der Waals surface area contributed by atoms with E-state index in [9.17, 15) is 9.59 Å². The zero-order chi connectivity index (χ0) is 14.0. The second kappa shape index (κ2) is 5.61. The lowest BCUT2D eigenvalue weighted by atomic mass is 10.2. The zero-order valence-electron chi connectivity index (χ0n) is 11.2. The van der Waals surface area contributed by atoms with Crippen LogP contribution in [0.1, 0.15) is 18.2 Å². The van der Waals surface area contributed by atoms with Gasteiger partial charge in [0, 0.05) is 5.69 Å². The highest BCUT2D eigenvalue weighted by molar-refractivity contribution is 8.00. The van der Waals surface area contributed by atoms with Crippen LogP contribution in [0.15, 0.2) is 11.1 Å². The topological polar surface area (TPSA) is 59.5 Å². The number of carbonyl (C=O) groups excluding carboxylic acids is 2. The van der Waals surface area contributed by atoms with Crippen LogP contribution in [-0.4, -0.2) is 35.8 Å². The molecule has 102 valence electrons. The molecule has 0 saturated heterocycles. The fraction of sp³-hybridized carbons (Fsp3) is 0.462. The minimum atomic E-state index is -0.395. The van der Waals surface area contributed by atoms with E-state index in [1.165, 1.54) is 16.7 Å². The Labute approximate surface area is 116 Å². The van der Waals surface area contributed by atoms with Crippen LogP contribution in [0.2, 0.25) is 0 Å². The van der Waals surface area contributed by atoms with Crippen molar-refractivity contribution in [1.29, 1.82) is 0 Å². The lowest BCUT2D eigenvalue weighted by Crippen LogP contribution is -2.40. The Morgan fingerprint density at radius 3 is 2.95 bits per heavy atom. The van der Waals surface area contributed by atoms with Gasteiger partial charge in [0.15, 0.2) is 0 Å². The second-order valence-corrected chi connectivity index (χ2v) is 5.27. The van der Waals surface area contributed by atoms with Gasteiger partial charge < -0.3 is 4.74 Å². The van der Waals surface area contributed by atoms with Crippen molar-refractivity contribution in [3.05, 3.63) is 17.3 Å². The molecule has 1 amide bonds. The first-order valence-corrected chi connectivity index (χ1v) is 7.08. The number of ether oxygens (including phenoxy) is 1. The molecule has 6 heteroatoms. The molecular weight excluding hydrogens is 264 g/mol. The molecule has 0 saturated carbocycles. The van der Waals surface area contributed by atoms with Gasteiger partial charge in [-0.15, -0.1) is 0 Å². The average Bonchev–Trinajstić information content (AvgIpc) is 2.32. The van der Waals surface area contributed by atoms with Crippen LogP contribution >= 0.6 is 11.8 Å². The normalized spacial score (nSPS) is 14.3. The van der Waals surface area contributed by atoms with Gasteiger partial charge in [0.05, 0.1) is 18.0 Å². The summed E-state index contributed by atoms with van der Waals surface area (Å²) in [5, 5.41) is 0.807. The molecule has 5 nitrogen and oxygen atoms in total. The number of rotatable bonds is 3. The third-order valence-electron chi connectivity index (χ3n) is 2.78. The molecule has 0 atom stereocenters. The third-order valence-corrected chi connectivity index (χ3v) is 3.72. The maximum absolute atomic E-state index is 12.0. The van der Waals surface area contributed by atoms with Crippen molar-refractivity contribution < 1.29 is 14.3 Å². The van der Waals surface area contributed by atoms with E-state index in [1.807, 2.05) is 19.9 Å². The fourth-order valence-corrected chi connectivity index (χ4v) is 3.09. The first-order valence-electron chi connectivity index (χ1n) is 6.10. The van der Waals surface area contributed by atoms with Crippen molar-refractivity contribution in [2.45, 2.75) is 25.8 Å². The van der Waals surface area contributed by atoms with Crippen molar-refractivity contribution in [3.63, 3.8) is 0 Å². The van der Waals surface area contributed by atoms with Gasteiger partial charge in [-0.2, -0.15) is 0 Å². The number of hydrogen-bond donors (Lipinski definition) is 0. The summed E-state index contributed by atoms with van der Waals surface area (Å²) in [5.74, 6) is -0.171. The van der Waals surface area contributed by atoms with Gasteiger partial charge in [-0.3, -0.25) is 14.5 Å². The van der Waals surface area contributed by atoms with Crippen LogP contribution in [0.4, 0.5) is 5.69 Å². The van der Waals surface area contributed by atoms with E-state index in [1.54, 1.807) is 6.92 Å². The Hall–Kier alpha value is -1.56. The van der Waals surface area contributed by atoms with Gasteiger partial charge in [0.25, 0.3) is 0 Å². The highest BCUT2D eigenvalue weighted by atomic mass is 32.2. The van der Waals surface area contributed by atoms with Gasteiger partial charge in [-0.1, -0.05) is 11.8 Å². The van der Waals surface area contributed by atoms with E-state index >= 15 is 0 Å². The van der Waals surface area contributed by atoms with Crippen molar-refractivity contribution >= 4 is 29.3 Å². The number of aromatic nitrogens is 1. The molecule has 0 fully saturated rings. The van der Waals surface area contributed by atoms with E-state index in [2.05, 4.69) is 4.98 Å². The Bertz CT molecular complexity index is 531. The van der Waals surface area contributed by atoms with Crippen LogP contribution < -0.4 is 4.90 Å². The van der Waals surface area contributed by atoms with E-state index in [4.69, 9.17) is 4.74 Å². The number of esters is 1. The maximum Gasteiger partial charge on any atom is 0.326 e. The smallest absolute Gasteiger partial charge is 0.326 e. The monoisotopic (exact) mass is 280 g/mol. The quantitative estimate of drug-likeness (QED) is 0.789. The largest absolute Gasteiger partial charge is 0.465 e. The number of aryl methyl sites for hydroxylation is 2. The summed E-state index contributed by atoms with van der Waals surface area (Å²) in [6.45, 7) is 5.85. The molecule has 2 heterocycles. The second-order valence-electron chi connectivity index (χ2n) is 4.31. The number of anilines is 1. The van der Waals surface area contributed by atoms with Crippen LogP contribution in [0.25, 0.3) is 0 Å². The number of hydrogen-bond acceptors (Lipinski definition) is 5. The zero-order valence-corrected chi connectivity index (χ0v) is 12.0. The lowest BCUT2D eigenvalue weighted by Gasteiger charge is -2.29. The maximum atomic E-state index is 12.0. The van der Waals surface area contributed by atoms with Crippen molar-refractivity contribution in [2.24, 2.45) is 0 Å². The number of amides is 1. The SMILES string of the molecule is CCOC(=O)CN1C(=O)CSc2nc(C)cc(C)c21. The number of nitrogens with zero attached hydrogens (tertiary/aromatic N) is 2. The van der Waals surface area contributed by atoms with E-state index in [-0.39, 0.29) is 12.5 Å². The Balaban J connectivity index is 2.35. The summed E-state index contributed by atoms with van der Waals surface area (Å²) in [6, 6.07) is 1.91. The Kier molecular flexibility index (Phi) is 4.09. The molecule has 0 unspecified atom stereocenters. The summed E-state index contributed by atoms with van der Waals surface area (Å²) in [5.41, 5.74) is 2.60. The van der Waals surface area contributed by atoms with Gasteiger partial charge in [0.1, 0.15) is 11.6 Å². The van der Waals surface area contributed by atoms with Crippen LogP contribution in [0.3, 0.4) is 0 Å². The lowest BCUT2D eigenvalue weighted by molar-refractivity contribution is -0.142. The predicted octanol–water partition coefficient (Wildman–Crippen LogP) is 1.70. The van der Waals surface area contributed by atoms with Gasteiger partial charge in [-0.25, -0.2) is 4.98 Å². The standard InChI is InChI=1S/C13H16N2O3S/c1-4-18-11(17)6-15-10(16)7-19-13-12(15)8(2)5-9(3)14-13/h5H,4,6-7H2,1-3H3. The molecule has 1 aromatic rings. The molecule has 0 bridgehead atoms. The van der Waals surface area contributed by atoms with Gasteiger partial charge >= 0.3 is 5.97 Å². The van der Waals surface area contributed by atoms with Crippen LogP contribution in [-0.2, 0) is 14.3 Å². The van der Waals surface area contributed by atoms with E-state index in [0.29, 0.717) is 12.4 Å². The average molecular weight is 280 g/mol. The molecule has 0 N–H and O–H groups in total. The number of fused-ring (bicyclic) bond motifs is 1. The molecule has 2 rings (SSSR count). The molecule has 0 radical (unpaired) electrons. The fourth-order valence-electron chi connectivity index (χ4n) is 2.06. The molecule has 0 aliphatic carbocycles. The van der Waals surface area contributed by atoms with E-state index < -0.39 is 5.97 Å². The van der Waals surface area contributed by atoms with Crippen LogP contribution in [0, 0.1) is 13.8 Å². The number of thioether (sulfide) groups is 1. The molecule has 0 aromatic carbocycles. The number of pyridine rings is 1. The summed E-state index contributed by atoms with van der Waals surface area (Å²) in [4.78, 5) is 29.5. The Morgan fingerprint density at radius 2 is 2.26 bits per heavy atom. The summed E-state index contributed by atoms with van der Waals surface area (Å²) >= 11 is 1.41. The minimum absolute atomic E-state index is 0.0498. The van der Waals surface area contributed by atoms with Crippen molar-refractivity contribution in [2.75, 3.05) is 23.8 Å². The summed E-state index contributed by atoms with van der Waals surface area (Å²) < 4.78 is 4.91. The predicted molar refractivity (Wildman–Crippen MR) is 73.4 cm³/mol. The molecule has 19 heavy (non-hydrogen) atoms. The van der Waals surface area contributed by atoms with Gasteiger partial charge in [0.2, 0.25) is 5.91 Å². The molecule has 1 aliphatic rings. The summed E-state index contributed by atoms with van der Waals surface area (Å²) in [6.07, 6.45) is 0. The molecule has 1 aliphatic heterocycles. The summed E-state index contributed by atoms with van der Waals surface area (Å²) in [7, 11) is 0. The van der Waals surface area contributed by atoms with Crippen molar-refractivity contribution in [3.8, 4) is 0 Å². The Morgan fingerprint density at radius 1 is 1.53 bits per heavy atom. The first kappa shape index (κ1) is 13.9. The first-order chi connectivity index (χ1) is 9.02. The molecular formula is C13H16N2O3S. The van der Waals surface area contributed by atoms with E-state index in [0.717, 1.165) is 22.0 Å². The third kappa shape index (κ3) is 2.89. The van der Waals surface area contributed by atoms with Crippen LogP contribution in [0.5, 0.6) is 0 Å². The molecule has 0 spiro atoms. The minimum Gasteiger partial charge on any atom is -0.465 e. The highest BCUT2D eigenvalue weighted by Gasteiger charge is 2.29. The van der Waals surface area contributed by atoms with Gasteiger partial charge in [-0.05, 0) is 32.4 Å². The van der Waals surface area contributed by atoms with Crippen molar-refractivity contribution in [1.82, 2.24) is 4.98 Å². The number of carbonyl (C=O) groups is 2. The highest BCUT2D eigenvalue weighted by Crippen LogP contribution is 2.36.